The quantitative estimate of drug-likeness (QED) is 0.654. The number of methoxy groups -OCH3 is 1. The first-order valence-electron chi connectivity index (χ1n) is 2.02. The Morgan fingerprint density at radius 2 is 1.70 bits per heavy atom. The second kappa shape index (κ2) is 12.0. The van der Waals surface area contributed by atoms with E-state index in [0.717, 1.165) is 0 Å². The molecule has 0 aliphatic heterocycles. The third-order valence-electron chi connectivity index (χ3n) is 0.573. The fraction of sp³-hybridized carbons (Fsp3) is 0.750. The molecule has 66 valence electrons. The third-order valence-corrected chi connectivity index (χ3v) is 0.573. The molecule has 0 saturated heterocycles. The van der Waals surface area contributed by atoms with E-state index < -0.39 is 6.04 Å². The fourth-order valence-corrected chi connectivity index (χ4v) is 0.186. The van der Waals surface area contributed by atoms with E-state index in [0.29, 0.717) is 0 Å². The molecule has 0 aliphatic carbocycles. The monoisotopic (exact) mass is 211 g/mol. The van der Waals surface area contributed by atoms with Crippen LogP contribution in [0, 0.1) is 0 Å². The first-order chi connectivity index (χ1) is 3.18. The van der Waals surface area contributed by atoms with E-state index in [1.807, 2.05) is 0 Å². The van der Waals surface area contributed by atoms with Crippen molar-refractivity contribution in [2.24, 2.45) is 5.73 Å². The molecule has 0 spiro atoms. The minimum Gasteiger partial charge on any atom is -0.468 e. The number of hydrogen-bond acceptors (Lipinski definition) is 3. The summed E-state index contributed by atoms with van der Waals surface area (Å²) in [6.07, 6.45) is 0. The van der Waals surface area contributed by atoms with Gasteiger partial charge in [0.15, 0.2) is 0 Å². The first kappa shape index (κ1) is 22.4. The molecular weight excluding hydrogens is 200 g/mol. The molecule has 0 unspecified atom stereocenters. The number of hydrogen-bond donors (Lipinski definition) is 1. The van der Waals surface area contributed by atoms with Gasteiger partial charge < -0.3 is 10.5 Å². The fourth-order valence-electron chi connectivity index (χ4n) is 0.186. The maximum Gasteiger partial charge on any atom is 0.322 e. The maximum absolute atomic E-state index is 10.2. The molecule has 0 aromatic rings. The van der Waals surface area contributed by atoms with Crippen molar-refractivity contribution in [2.45, 2.75) is 13.0 Å². The molecule has 10 heavy (non-hydrogen) atoms. The van der Waals surface area contributed by atoms with E-state index in [2.05, 4.69) is 4.74 Å². The second-order valence-corrected chi connectivity index (χ2v) is 1.31. The summed E-state index contributed by atoms with van der Waals surface area (Å²) in [6.45, 7) is 1.58. The minimum absolute atomic E-state index is 0. The Labute approximate surface area is 78.9 Å². The predicted molar refractivity (Wildman–Crippen MR) is 47.4 cm³/mol. The molecule has 6 heteroatoms. The van der Waals surface area contributed by atoms with Crippen molar-refractivity contribution < 1.29 is 9.53 Å². The van der Waals surface area contributed by atoms with E-state index >= 15 is 0 Å². The zero-order chi connectivity index (χ0) is 5.86. The SMILES string of the molecule is COC(=O)[C@H](C)N.Cl.Cl.Cl. The van der Waals surface area contributed by atoms with Crippen LogP contribution in [0.25, 0.3) is 0 Å². The molecule has 0 fully saturated rings. The van der Waals surface area contributed by atoms with Crippen LogP contribution in [-0.4, -0.2) is 19.1 Å². The highest BCUT2D eigenvalue weighted by molar-refractivity contribution is 5.86. The van der Waals surface area contributed by atoms with Gasteiger partial charge in [-0.2, -0.15) is 0 Å². The van der Waals surface area contributed by atoms with Crippen molar-refractivity contribution >= 4 is 43.2 Å². The smallest absolute Gasteiger partial charge is 0.322 e. The Morgan fingerprint density at radius 3 is 1.70 bits per heavy atom. The van der Waals surface area contributed by atoms with Crippen LogP contribution < -0.4 is 5.73 Å². The minimum atomic E-state index is -0.495. The molecule has 3 nitrogen and oxygen atoms in total. The van der Waals surface area contributed by atoms with Crippen LogP contribution in [-0.2, 0) is 9.53 Å². The molecule has 0 aliphatic rings. The number of nitrogens with two attached hydrogens (primary N) is 1. The number of rotatable bonds is 1. The lowest BCUT2D eigenvalue weighted by Gasteiger charge is -1.98. The van der Waals surface area contributed by atoms with Crippen LogP contribution in [0.5, 0.6) is 0 Å². The number of halogens is 3. The number of carbonyl (C=O) groups is 1. The maximum atomic E-state index is 10.2. The topological polar surface area (TPSA) is 52.3 Å². The van der Waals surface area contributed by atoms with Crippen LogP contribution in [0.3, 0.4) is 0 Å². The van der Waals surface area contributed by atoms with E-state index in [1.54, 1.807) is 6.92 Å². The molecule has 0 radical (unpaired) electrons. The normalized spacial score (nSPS) is 9.10. The molecule has 0 bridgehead atoms. The summed E-state index contributed by atoms with van der Waals surface area (Å²) in [4.78, 5) is 10.2. The predicted octanol–water partition coefficient (Wildman–Crippen LogP) is 0.772. The van der Waals surface area contributed by atoms with Gasteiger partial charge in [0, 0.05) is 0 Å². The van der Waals surface area contributed by atoms with Gasteiger partial charge >= 0.3 is 5.97 Å². The third kappa shape index (κ3) is 11.1. The van der Waals surface area contributed by atoms with E-state index in [4.69, 9.17) is 5.73 Å². The van der Waals surface area contributed by atoms with Crippen molar-refractivity contribution in [1.29, 1.82) is 0 Å². The van der Waals surface area contributed by atoms with E-state index in [1.165, 1.54) is 7.11 Å². The van der Waals surface area contributed by atoms with E-state index in [-0.39, 0.29) is 43.2 Å². The van der Waals surface area contributed by atoms with Crippen molar-refractivity contribution in [3.05, 3.63) is 0 Å². The zero-order valence-corrected chi connectivity index (χ0v) is 8.15. The largest absolute Gasteiger partial charge is 0.468 e. The number of ether oxygens (including phenoxy) is 1. The standard InChI is InChI=1S/C4H9NO2.3ClH/c1-3(5)4(6)7-2;;;/h3H,5H2,1-2H3;3*1H/t3-;;;/m0.../s1. The first-order valence-corrected chi connectivity index (χ1v) is 2.02. The summed E-state index contributed by atoms with van der Waals surface area (Å²) in [5.74, 6) is -0.375. The molecule has 0 heterocycles. The molecule has 0 aromatic heterocycles. The van der Waals surface area contributed by atoms with Crippen LogP contribution in [0.1, 0.15) is 6.92 Å². The van der Waals surface area contributed by atoms with Gasteiger partial charge in [0.05, 0.1) is 7.11 Å². The highest BCUT2D eigenvalue weighted by atomic mass is 35.5. The lowest BCUT2D eigenvalue weighted by molar-refractivity contribution is -0.141. The molecule has 2 N–H and O–H groups in total. The van der Waals surface area contributed by atoms with Gasteiger partial charge in [0.25, 0.3) is 0 Å². The van der Waals surface area contributed by atoms with E-state index in [9.17, 15) is 4.79 Å². The van der Waals surface area contributed by atoms with Gasteiger partial charge in [-0.15, -0.1) is 37.2 Å². The zero-order valence-electron chi connectivity index (χ0n) is 5.70. The molecule has 0 aromatic carbocycles. The highest BCUT2D eigenvalue weighted by Crippen LogP contribution is 1.76. The lowest BCUT2D eigenvalue weighted by Crippen LogP contribution is -2.27. The highest BCUT2D eigenvalue weighted by Gasteiger charge is 2.03. The van der Waals surface area contributed by atoms with Gasteiger partial charge in [-0.05, 0) is 6.92 Å². The van der Waals surface area contributed by atoms with Crippen molar-refractivity contribution in [1.82, 2.24) is 0 Å². The van der Waals surface area contributed by atoms with Crippen molar-refractivity contribution in [3.8, 4) is 0 Å². The van der Waals surface area contributed by atoms with Gasteiger partial charge in [-0.25, -0.2) is 0 Å². The van der Waals surface area contributed by atoms with Gasteiger partial charge in [0.2, 0.25) is 0 Å². The average molecular weight is 213 g/mol. The summed E-state index contributed by atoms with van der Waals surface area (Å²) in [6, 6.07) is -0.495. The average Bonchev–Trinajstić information content (AvgIpc) is 1.65. The Bertz CT molecular complexity index is 78.9. The summed E-state index contributed by atoms with van der Waals surface area (Å²) in [5, 5.41) is 0. The van der Waals surface area contributed by atoms with Gasteiger partial charge in [-0.1, -0.05) is 0 Å². The lowest BCUT2D eigenvalue weighted by atomic mass is 10.4. The molecule has 0 saturated carbocycles. The van der Waals surface area contributed by atoms with Crippen molar-refractivity contribution in [2.75, 3.05) is 7.11 Å². The van der Waals surface area contributed by atoms with Crippen LogP contribution in [0.15, 0.2) is 0 Å². The molecule has 0 rings (SSSR count). The Hall–Kier alpha value is 0.300. The number of esters is 1. The Morgan fingerprint density at radius 1 is 1.40 bits per heavy atom. The number of carbonyl (C=O) groups excluding carboxylic acids is 1. The summed E-state index contributed by atoms with van der Waals surface area (Å²) >= 11 is 0. The van der Waals surface area contributed by atoms with Gasteiger partial charge in [-0.3, -0.25) is 4.79 Å². The van der Waals surface area contributed by atoms with Crippen LogP contribution in [0.2, 0.25) is 0 Å². The van der Waals surface area contributed by atoms with Gasteiger partial charge in [0.1, 0.15) is 6.04 Å². The van der Waals surface area contributed by atoms with Crippen LogP contribution in [0.4, 0.5) is 0 Å². The molecule has 0 amide bonds. The second-order valence-electron chi connectivity index (χ2n) is 1.31. The summed E-state index contributed by atoms with van der Waals surface area (Å²) in [7, 11) is 1.31. The Kier molecular flexibility index (Phi) is 27.0. The Balaban J connectivity index is -0.0000000600. The van der Waals surface area contributed by atoms with Crippen molar-refractivity contribution in [3.63, 3.8) is 0 Å². The summed E-state index contributed by atoms with van der Waals surface area (Å²) in [5.41, 5.74) is 5.07. The molecule has 1 atom stereocenters. The summed E-state index contributed by atoms with van der Waals surface area (Å²) < 4.78 is 4.25. The molecular formula is C4H12Cl3NO2. The van der Waals surface area contributed by atoms with Crippen LogP contribution >= 0.6 is 37.2 Å².